The van der Waals surface area contributed by atoms with Crippen molar-refractivity contribution in [3.8, 4) is 11.3 Å². The molecule has 2 aromatic carbocycles. The van der Waals surface area contributed by atoms with Gasteiger partial charge in [-0.15, -0.1) is 0 Å². The lowest BCUT2D eigenvalue weighted by molar-refractivity contribution is 0.102. The van der Waals surface area contributed by atoms with Gasteiger partial charge in [-0.25, -0.2) is 0 Å². The highest BCUT2D eigenvalue weighted by Gasteiger charge is 2.31. The molecule has 1 amide bonds. The Balaban J connectivity index is 1.53. The highest BCUT2D eigenvalue weighted by molar-refractivity contribution is 7.90. The first kappa shape index (κ1) is 22.3. The summed E-state index contributed by atoms with van der Waals surface area (Å²) in [5, 5.41) is 3.41. The van der Waals surface area contributed by atoms with Crippen LogP contribution in [0.25, 0.3) is 11.3 Å². The number of pyridine rings is 1. The van der Waals surface area contributed by atoms with Crippen molar-refractivity contribution in [1.82, 2.24) is 9.29 Å². The van der Waals surface area contributed by atoms with Crippen molar-refractivity contribution in [3.05, 3.63) is 76.9 Å². The van der Waals surface area contributed by atoms with Crippen molar-refractivity contribution in [1.29, 1.82) is 0 Å². The molecule has 3 aromatic rings. The molecule has 4 rings (SSSR count). The van der Waals surface area contributed by atoms with Gasteiger partial charge in [0.1, 0.15) is 0 Å². The lowest BCUT2D eigenvalue weighted by atomic mass is 10.1. The number of rotatable bonds is 4. The normalized spacial score (nSPS) is 16.0. The molecule has 1 N–H and O–H groups in total. The van der Waals surface area contributed by atoms with Gasteiger partial charge >= 0.3 is 10.2 Å². The number of hydrogen-bond acceptors (Lipinski definition) is 4. The topological polar surface area (TPSA) is 82.6 Å². The van der Waals surface area contributed by atoms with Gasteiger partial charge in [-0.1, -0.05) is 11.6 Å². The van der Waals surface area contributed by atoms with Gasteiger partial charge in [0.05, 0.1) is 16.4 Å². The van der Waals surface area contributed by atoms with E-state index in [4.69, 9.17) is 11.6 Å². The molecule has 0 radical (unpaired) electrons. The molecule has 1 saturated heterocycles. The lowest BCUT2D eigenvalue weighted by Gasteiger charge is -2.33. The molecule has 9 heteroatoms. The molecule has 32 heavy (non-hydrogen) atoms. The summed E-state index contributed by atoms with van der Waals surface area (Å²) in [6.45, 7) is 2.89. The van der Waals surface area contributed by atoms with Crippen molar-refractivity contribution in [3.63, 3.8) is 0 Å². The Hall–Kier alpha value is -2.94. The molecule has 1 aliphatic heterocycles. The number of nitrogens with one attached hydrogen (secondary N) is 1. The Morgan fingerprint density at radius 2 is 1.81 bits per heavy atom. The number of benzene rings is 2. The third-order valence-electron chi connectivity index (χ3n) is 5.34. The van der Waals surface area contributed by atoms with Gasteiger partial charge in [-0.3, -0.25) is 14.1 Å². The summed E-state index contributed by atoms with van der Waals surface area (Å²) in [5.74, 6) is -0.305. The highest BCUT2D eigenvalue weighted by Crippen LogP contribution is 2.30. The average molecular weight is 471 g/mol. The number of anilines is 2. The van der Waals surface area contributed by atoms with Gasteiger partial charge in [-0.2, -0.15) is 12.7 Å². The number of hydrogen-bond donors (Lipinski definition) is 1. The Morgan fingerprint density at radius 3 is 2.53 bits per heavy atom. The number of aryl methyl sites for hydroxylation is 1. The maximum absolute atomic E-state index is 12.8. The van der Waals surface area contributed by atoms with Gasteiger partial charge in [0.15, 0.2) is 0 Å². The van der Waals surface area contributed by atoms with Gasteiger partial charge in [0, 0.05) is 43.1 Å². The lowest BCUT2D eigenvalue weighted by Crippen LogP contribution is -2.47. The van der Waals surface area contributed by atoms with E-state index in [-0.39, 0.29) is 5.91 Å². The number of halogens is 1. The fraction of sp³-hybridized carbons (Fsp3) is 0.217. The van der Waals surface area contributed by atoms with Gasteiger partial charge < -0.3 is 5.32 Å². The maximum Gasteiger partial charge on any atom is 0.303 e. The molecular formula is C23H23ClN4O3S. The minimum atomic E-state index is -3.53. The number of aromatic nitrogens is 1. The predicted molar refractivity (Wildman–Crippen MR) is 127 cm³/mol. The molecule has 2 heterocycles. The molecule has 0 aliphatic carbocycles. The van der Waals surface area contributed by atoms with Crippen molar-refractivity contribution >= 4 is 39.1 Å². The number of carbonyl (C=O) groups excluding carboxylic acids is 1. The Morgan fingerprint density at radius 1 is 1.06 bits per heavy atom. The molecule has 1 aliphatic rings. The van der Waals surface area contributed by atoms with Crippen LogP contribution < -0.4 is 9.62 Å². The maximum atomic E-state index is 12.8. The average Bonchev–Trinajstić information content (AvgIpc) is 2.77. The number of nitrogens with zero attached hydrogens (tertiary/aromatic N) is 3. The van der Waals surface area contributed by atoms with E-state index < -0.39 is 10.2 Å². The first-order chi connectivity index (χ1) is 15.3. The molecule has 0 unspecified atom stereocenters. The fourth-order valence-corrected chi connectivity index (χ4v) is 5.22. The molecule has 1 aromatic heterocycles. The Labute approximate surface area is 192 Å². The summed E-state index contributed by atoms with van der Waals surface area (Å²) in [4.78, 5) is 17.1. The van der Waals surface area contributed by atoms with Gasteiger partial charge in [0.2, 0.25) is 0 Å². The summed E-state index contributed by atoms with van der Waals surface area (Å²) in [5.41, 5.74) is 4.05. The Bertz CT molecular complexity index is 1260. The second kappa shape index (κ2) is 8.90. The van der Waals surface area contributed by atoms with Crippen molar-refractivity contribution < 1.29 is 13.2 Å². The zero-order valence-electron chi connectivity index (χ0n) is 17.7. The van der Waals surface area contributed by atoms with E-state index >= 15 is 0 Å². The van der Waals surface area contributed by atoms with Crippen molar-refractivity contribution in [2.24, 2.45) is 0 Å². The number of amides is 1. The van der Waals surface area contributed by atoms with Crippen LogP contribution in [-0.4, -0.2) is 43.8 Å². The molecule has 0 saturated carbocycles. The summed E-state index contributed by atoms with van der Waals surface area (Å²) >= 11 is 6.35. The van der Waals surface area contributed by atoms with Crippen LogP contribution in [0.3, 0.4) is 0 Å². The van der Waals surface area contributed by atoms with E-state index in [0.29, 0.717) is 35.1 Å². The van der Waals surface area contributed by atoms with Crippen LogP contribution in [0.1, 0.15) is 22.3 Å². The van der Waals surface area contributed by atoms with E-state index in [2.05, 4.69) is 10.3 Å². The first-order valence-electron chi connectivity index (χ1n) is 10.1. The molecule has 0 atom stereocenters. The first-order valence-corrected chi connectivity index (χ1v) is 11.9. The van der Waals surface area contributed by atoms with E-state index in [1.165, 1.54) is 8.61 Å². The van der Waals surface area contributed by atoms with Crippen LogP contribution >= 0.6 is 11.6 Å². The monoisotopic (exact) mass is 470 g/mol. The molecular weight excluding hydrogens is 448 g/mol. The zero-order valence-corrected chi connectivity index (χ0v) is 19.3. The largest absolute Gasteiger partial charge is 0.322 e. The van der Waals surface area contributed by atoms with Crippen molar-refractivity contribution in [2.45, 2.75) is 13.3 Å². The summed E-state index contributed by atoms with van der Waals surface area (Å²) < 4.78 is 27.7. The SMILES string of the molecule is Cc1ccnc(-c2cc(NC(=O)c3ccc(N4CCCN(C)S4(=O)=O)cc3)ccc2Cl)c1. The third kappa shape index (κ3) is 4.48. The fourth-order valence-electron chi connectivity index (χ4n) is 3.56. The standard InChI is InChI=1S/C23H23ClN4O3S/c1-16-10-11-25-22(14-16)20-15-18(6-9-21(20)24)26-23(29)17-4-7-19(8-5-17)28-13-3-12-27(2)32(28,30)31/h4-11,14-15H,3,12-13H2,1-2H3,(H,26,29). The van der Waals surface area contributed by atoms with Crippen LogP contribution in [0.2, 0.25) is 5.02 Å². The van der Waals surface area contributed by atoms with E-state index in [1.54, 1.807) is 55.7 Å². The van der Waals surface area contributed by atoms with E-state index in [0.717, 1.165) is 23.2 Å². The Kier molecular flexibility index (Phi) is 6.19. The minimum absolute atomic E-state index is 0.305. The second-order valence-electron chi connectivity index (χ2n) is 7.67. The summed E-state index contributed by atoms with van der Waals surface area (Å²) in [7, 11) is -1.96. The molecule has 0 bridgehead atoms. The summed E-state index contributed by atoms with van der Waals surface area (Å²) in [6.07, 6.45) is 2.46. The van der Waals surface area contributed by atoms with Gasteiger partial charge in [0.25, 0.3) is 5.91 Å². The van der Waals surface area contributed by atoms with Crippen LogP contribution in [0.15, 0.2) is 60.8 Å². The molecule has 166 valence electrons. The van der Waals surface area contributed by atoms with Gasteiger partial charge in [-0.05, 0) is 73.5 Å². The van der Waals surface area contributed by atoms with Crippen LogP contribution in [0.5, 0.6) is 0 Å². The van der Waals surface area contributed by atoms with Crippen LogP contribution in [0, 0.1) is 6.92 Å². The van der Waals surface area contributed by atoms with Crippen LogP contribution in [-0.2, 0) is 10.2 Å². The molecule has 0 spiro atoms. The minimum Gasteiger partial charge on any atom is -0.322 e. The smallest absolute Gasteiger partial charge is 0.303 e. The van der Waals surface area contributed by atoms with Crippen LogP contribution in [0.4, 0.5) is 11.4 Å². The third-order valence-corrected chi connectivity index (χ3v) is 7.59. The second-order valence-corrected chi connectivity index (χ2v) is 10.0. The highest BCUT2D eigenvalue weighted by atomic mass is 35.5. The molecule has 1 fully saturated rings. The predicted octanol–water partition coefficient (Wildman–Crippen LogP) is 4.35. The zero-order chi connectivity index (χ0) is 22.9. The quantitative estimate of drug-likeness (QED) is 0.614. The van der Waals surface area contributed by atoms with E-state index in [9.17, 15) is 13.2 Å². The number of carbonyl (C=O) groups is 1. The molecule has 7 nitrogen and oxygen atoms in total. The van der Waals surface area contributed by atoms with Crippen molar-refractivity contribution in [2.75, 3.05) is 29.8 Å². The summed E-state index contributed by atoms with van der Waals surface area (Å²) in [6, 6.07) is 15.6. The van der Waals surface area contributed by atoms with E-state index in [1.807, 2.05) is 19.1 Å².